The first-order valence-corrected chi connectivity index (χ1v) is 19.6. The summed E-state index contributed by atoms with van der Waals surface area (Å²) in [5, 5.41) is 2.20. The second-order valence-electron chi connectivity index (χ2n) is 15.7. The number of hydrogen-bond donors (Lipinski definition) is 1. The Bertz CT molecular complexity index is 1490. The van der Waals surface area contributed by atoms with Crippen molar-refractivity contribution >= 4 is 42.6 Å². The second kappa shape index (κ2) is 22.8. The molecule has 5 rings (SSSR count). The van der Waals surface area contributed by atoms with Crippen molar-refractivity contribution in [1.29, 1.82) is 0 Å². The predicted octanol–water partition coefficient (Wildman–Crippen LogP) is 5.27. The number of hydrogen-bond acceptors (Lipinski definition) is 9. The molecule has 0 bridgehead atoms. The van der Waals surface area contributed by atoms with E-state index in [2.05, 4.69) is 29.4 Å². The lowest BCUT2D eigenvalue weighted by molar-refractivity contribution is -0.127. The summed E-state index contributed by atoms with van der Waals surface area (Å²) in [5.74, 6) is 0.203. The fourth-order valence-corrected chi connectivity index (χ4v) is 6.85. The summed E-state index contributed by atoms with van der Waals surface area (Å²) in [4.78, 5) is 66.4. The van der Waals surface area contributed by atoms with Crippen LogP contribution in [0, 0.1) is 5.92 Å². The minimum absolute atomic E-state index is 0.0372. The van der Waals surface area contributed by atoms with E-state index >= 15 is 0 Å². The highest BCUT2D eigenvalue weighted by Gasteiger charge is 2.28. The maximum atomic E-state index is 12.4. The Morgan fingerprint density at radius 3 is 2.20 bits per heavy atom. The van der Waals surface area contributed by atoms with Crippen molar-refractivity contribution in [3.8, 4) is 0 Å². The highest BCUT2D eigenvalue weighted by molar-refractivity contribution is 5.98. The van der Waals surface area contributed by atoms with E-state index in [0.29, 0.717) is 57.0 Å². The van der Waals surface area contributed by atoms with E-state index in [1.54, 1.807) is 9.80 Å². The summed E-state index contributed by atoms with van der Waals surface area (Å²) < 4.78 is 10.8. The summed E-state index contributed by atoms with van der Waals surface area (Å²) in [6.07, 6.45) is 8.62. The Kier molecular flexibility index (Phi) is 18.6. The summed E-state index contributed by atoms with van der Waals surface area (Å²) >= 11 is 0. The molecule has 3 aliphatic rings. The van der Waals surface area contributed by atoms with Gasteiger partial charge in [-0.1, -0.05) is 49.7 Å². The minimum atomic E-state index is -0.721. The molecule has 3 saturated heterocycles. The number of morpholine rings is 1. The van der Waals surface area contributed by atoms with Crippen LogP contribution >= 0.6 is 0 Å². The molecule has 0 aromatic heterocycles. The van der Waals surface area contributed by atoms with Crippen LogP contribution in [0.1, 0.15) is 83.5 Å². The molecule has 3 fully saturated rings. The van der Waals surface area contributed by atoms with Crippen LogP contribution in [0.15, 0.2) is 48.5 Å². The minimum Gasteiger partial charge on any atom is -0.444 e. The van der Waals surface area contributed by atoms with Crippen molar-refractivity contribution in [3.05, 3.63) is 59.7 Å². The molecule has 1 N–H and O–H groups in total. The predicted molar refractivity (Wildman–Crippen MR) is 216 cm³/mol. The Hall–Kier alpha value is -4.49. The van der Waals surface area contributed by atoms with Gasteiger partial charge < -0.3 is 34.0 Å². The van der Waals surface area contributed by atoms with E-state index in [1.807, 2.05) is 83.1 Å². The van der Waals surface area contributed by atoms with E-state index in [0.717, 1.165) is 63.1 Å². The van der Waals surface area contributed by atoms with Crippen LogP contribution in [0.5, 0.6) is 0 Å². The fourth-order valence-electron chi connectivity index (χ4n) is 6.85. The Morgan fingerprint density at radius 1 is 0.964 bits per heavy atom. The van der Waals surface area contributed by atoms with Crippen LogP contribution in [0.4, 0.5) is 16.2 Å². The molecular formula is C42H64N6O7. The van der Waals surface area contributed by atoms with E-state index in [4.69, 9.17) is 9.47 Å². The number of carbonyl (C=O) groups excluding carboxylic acids is 5. The molecule has 3 aliphatic heterocycles. The smallest absolute Gasteiger partial charge is 0.410 e. The van der Waals surface area contributed by atoms with Crippen molar-refractivity contribution in [2.75, 3.05) is 76.8 Å². The van der Waals surface area contributed by atoms with Crippen LogP contribution in [0.25, 0.3) is 0 Å². The number of nitrogens with zero attached hydrogens (tertiary/aromatic N) is 5. The molecule has 13 heteroatoms. The Labute approximate surface area is 328 Å². The molecule has 0 radical (unpaired) electrons. The number of piperidine rings is 1. The fraction of sp³-hybridized carbons (Fsp3) is 0.595. The second-order valence-corrected chi connectivity index (χ2v) is 15.7. The van der Waals surface area contributed by atoms with Gasteiger partial charge in [-0.05, 0) is 109 Å². The molecule has 3 heterocycles. The zero-order chi connectivity index (χ0) is 40.4. The lowest BCUT2D eigenvalue weighted by atomic mass is 9.90. The van der Waals surface area contributed by atoms with Gasteiger partial charge in [-0.15, -0.1) is 0 Å². The lowest BCUT2D eigenvalue weighted by Crippen LogP contribution is -2.46. The molecule has 5 amide bonds. The van der Waals surface area contributed by atoms with Gasteiger partial charge in [-0.2, -0.15) is 0 Å². The highest BCUT2D eigenvalue weighted by Crippen LogP contribution is 2.33. The third kappa shape index (κ3) is 14.9. The van der Waals surface area contributed by atoms with Gasteiger partial charge >= 0.3 is 6.09 Å². The third-order valence-corrected chi connectivity index (χ3v) is 9.85. The van der Waals surface area contributed by atoms with Crippen LogP contribution in [0.2, 0.25) is 0 Å². The van der Waals surface area contributed by atoms with Gasteiger partial charge in [0.1, 0.15) is 17.7 Å². The normalized spacial score (nSPS) is 18.1. The molecule has 0 aliphatic carbocycles. The first kappa shape index (κ1) is 44.9. The number of amides is 5. The van der Waals surface area contributed by atoms with Gasteiger partial charge in [-0.25, -0.2) is 4.79 Å². The van der Waals surface area contributed by atoms with E-state index in [-0.39, 0.29) is 17.8 Å². The Morgan fingerprint density at radius 2 is 1.64 bits per heavy atom. The van der Waals surface area contributed by atoms with Gasteiger partial charge in [0.25, 0.3) is 0 Å². The molecule has 2 aromatic rings. The van der Waals surface area contributed by atoms with Crippen LogP contribution in [0.3, 0.4) is 0 Å². The van der Waals surface area contributed by atoms with Gasteiger partial charge in [0.15, 0.2) is 0 Å². The number of imide groups is 1. The highest BCUT2D eigenvalue weighted by atomic mass is 16.6. The van der Waals surface area contributed by atoms with Crippen LogP contribution in [-0.2, 0) is 35.1 Å². The number of nitrogens with one attached hydrogen (secondary N) is 1. The zero-order valence-electron chi connectivity index (χ0n) is 34.1. The summed E-state index contributed by atoms with van der Waals surface area (Å²) in [5.41, 5.74) is 3.58. The average molecular weight is 765 g/mol. The van der Waals surface area contributed by atoms with Gasteiger partial charge in [0.2, 0.25) is 25.1 Å². The molecule has 13 nitrogen and oxygen atoms in total. The van der Waals surface area contributed by atoms with E-state index in [9.17, 15) is 24.0 Å². The number of anilines is 2. The Balaban J connectivity index is 0.000000256. The van der Waals surface area contributed by atoms with Gasteiger partial charge in [0, 0.05) is 33.7 Å². The first-order valence-electron chi connectivity index (χ1n) is 19.6. The van der Waals surface area contributed by atoms with Crippen molar-refractivity contribution in [2.24, 2.45) is 5.92 Å². The number of rotatable bonds is 12. The molecule has 304 valence electrons. The molecule has 2 atom stereocenters. The maximum absolute atomic E-state index is 12.4. The molecule has 2 unspecified atom stereocenters. The quantitative estimate of drug-likeness (QED) is 0.287. The van der Waals surface area contributed by atoms with Crippen LogP contribution < -0.4 is 15.1 Å². The van der Waals surface area contributed by atoms with Crippen molar-refractivity contribution in [1.82, 2.24) is 20.0 Å². The number of benzene rings is 2. The summed E-state index contributed by atoms with van der Waals surface area (Å²) in [6.45, 7) is 13.6. The monoisotopic (exact) mass is 764 g/mol. The molecule has 2 aromatic carbocycles. The zero-order valence-corrected chi connectivity index (χ0v) is 34.1. The third-order valence-electron chi connectivity index (χ3n) is 9.85. The van der Waals surface area contributed by atoms with Gasteiger partial charge in [0.05, 0.1) is 24.5 Å². The summed E-state index contributed by atoms with van der Waals surface area (Å²) in [7, 11) is 6.03. The summed E-state index contributed by atoms with van der Waals surface area (Å²) in [6, 6.07) is 15.4. The van der Waals surface area contributed by atoms with E-state index in [1.165, 1.54) is 23.3 Å². The molecule has 0 saturated carbocycles. The maximum Gasteiger partial charge on any atom is 0.410 e. The number of ether oxygens (including phenoxy) is 2. The molecule has 0 spiro atoms. The molecular weight excluding hydrogens is 700 g/mol. The topological polar surface area (TPSA) is 132 Å². The van der Waals surface area contributed by atoms with Crippen molar-refractivity contribution < 1.29 is 33.4 Å². The van der Waals surface area contributed by atoms with Crippen molar-refractivity contribution in [2.45, 2.75) is 90.4 Å². The first-order chi connectivity index (χ1) is 26.3. The number of likely N-dealkylation sites (tertiary alicyclic amines) is 2. The largest absolute Gasteiger partial charge is 0.444 e. The standard InChI is InChI=1S/C22H34N4O3.C11H13NO2.C9H17NO2/c1-5-6-20(22(29)23-15-27)26(16-28)19-8-7-18(14-21(19)24(2)3)13-17-9-11-25(4)12-10-17;13-9-12-6-7-14-11(8-12)10-4-2-1-3-5-10;1-9(2,3)12-8(11)10-6-4-5-7-10/h7-8,14-17,20H,5-6,9-13H2,1-4H3,(H,23,27,29);1-5,9,11H,6-8H2;4-7H2,1-3H3. The van der Waals surface area contributed by atoms with E-state index < -0.39 is 11.9 Å². The van der Waals surface area contributed by atoms with Crippen LogP contribution in [-0.4, -0.2) is 125 Å². The number of carbonyl (C=O) groups is 5. The average Bonchev–Trinajstić information content (AvgIpc) is 3.72. The van der Waals surface area contributed by atoms with Gasteiger partial charge in [-0.3, -0.25) is 24.5 Å². The van der Waals surface area contributed by atoms with Crippen molar-refractivity contribution in [3.63, 3.8) is 0 Å². The SMILES string of the molecule is CC(C)(C)OC(=O)N1CCCC1.CCCC(C(=O)NC=O)N(C=O)c1ccc(CC2CCN(C)CC2)cc1N(C)C.O=CN1CCOC(c2ccccc2)C1. The molecule has 55 heavy (non-hydrogen) atoms. The lowest BCUT2D eigenvalue weighted by Gasteiger charge is -2.31.